The predicted octanol–water partition coefficient (Wildman–Crippen LogP) is 2.05. The minimum Gasteiger partial charge on any atom is -0.480 e. The van der Waals surface area contributed by atoms with Crippen molar-refractivity contribution in [2.45, 2.75) is 29.8 Å². The lowest BCUT2D eigenvalue weighted by Gasteiger charge is -2.19. The van der Waals surface area contributed by atoms with Crippen molar-refractivity contribution in [3.05, 3.63) is 42.1 Å². The summed E-state index contributed by atoms with van der Waals surface area (Å²) in [6.45, 7) is 0.443. The standard InChI is InChI=1S/C15H15N3O4S/c19-13(18-8-1-3-11(18)14(20)21)12-5-4-10(22-12)9-23-15-16-6-2-7-17-15/h2,4-7,11H,1,3,8-9H2,(H,20,21)/t11-/m0/s1. The Kier molecular flexibility index (Phi) is 4.61. The number of hydrogen-bond donors (Lipinski definition) is 1. The molecule has 0 spiro atoms. The third-order valence-electron chi connectivity index (χ3n) is 3.56. The molecule has 0 aromatic carbocycles. The third kappa shape index (κ3) is 3.53. The quantitative estimate of drug-likeness (QED) is 0.660. The maximum Gasteiger partial charge on any atom is 0.326 e. The maximum atomic E-state index is 12.4. The van der Waals surface area contributed by atoms with Crippen LogP contribution in [0.2, 0.25) is 0 Å². The number of likely N-dealkylation sites (tertiary alicyclic amines) is 1. The van der Waals surface area contributed by atoms with Gasteiger partial charge in [-0.2, -0.15) is 0 Å². The highest BCUT2D eigenvalue weighted by atomic mass is 32.2. The Morgan fingerprint density at radius 2 is 2.13 bits per heavy atom. The lowest BCUT2D eigenvalue weighted by Crippen LogP contribution is -2.40. The molecule has 0 unspecified atom stereocenters. The minimum absolute atomic E-state index is 0.169. The Hall–Kier alpha value is -2.35. The van der Waals surface area contributed by atoms with Crippen LogP contribution >= 0.6 is 11.8 Å². The van der Waals surface area contributed by atoms with Gasteiger partial charge >= 0.3 is 5.97 Å². The van der Waals surface area contributed by atoms with Crippen LogP contribution in [0.15, 0.2) is 40.2 Å². The molecule has 120 valence electrons. The van der Waals surface area contributed by atoms with Gasteiger partial charge in [-0.15, -0.1) is 0 Å². The van der Waals surface area contributed by atoms with Gasteiger partial charge in [0.25, 0.3) is 5.91 Å². The average molecular weight is 333 g/mol. The van der Waals surface area contributed by atoms with Crippen LogP contribution in [0, 0.1) is 0 Å². The lowest BCUT2D eigenvalue weighted by molar-refractivity contribution is -0.141. The largest absolute Gasteiger partial charge is 0.480 e. The number of rotatable bonds is 5. The van der Waals surface area contributed by atoms with E-state index in [-0.39, 0.29) is 11.7 Å². The van der Waals surface area contributed by atoms with Gasteiger partial charge in [0.05, 0.1) is 5.75 Å². The van der Waals surface area contributed by atoms with Crippen LogP contribution < -0.4 is 0 Å². The number of aliphatic carboxylic acids is 1. The Bertz CT molecular complexity index is 704. The van der Waals surface area contributed by atoms with E-state index in [0.717, 1.165) is 0 Å². The fourth-order valence-electron chi connectivity index (χ4n) is 2.47. The zero-order valence-electron chi connectivity index (χ0n) is 12.2. The first-order valence-electron chi connectivity index (χ1n) is 7.17. The van der Waals surface area contributed by atoms with Gasteiger partial charge in [-0.05, 0) is 31.0 Å². The number of aromatic nitrogens is 2. The zero-order valence-corrected chi connectivity index (χ0v) is 13.0. The highest BCUT2D eigenvalue weighted by Crippen LogP contribution is 2.24. The fourth-order valence-corrected chi connectivity index (χ4v) is 3.17. The average Bonchev–Trinajstić information content (AvgIpc) is 3.22. The molecule has 0 saturated carbocycles. The normalized spacial score (nSPS) is 17.4. The molecule has 1 N–H and O–H groups in total. The van der Waals surface area contributed by atoms with Gasteiger partial charge in [0.2, 0.25) is 0 Å². The molecule has 1 aliphatic rings. The summed E-state index contributed by atoms with van der Waals surface area (Å²) < 4.78 is 5.55. The molecule has 23 heavy (non-hydrogen) atoms. The summed E-state index contributed by atoms with van der Waals surface area (Å²) in [5.74, 6) is -0.0549. The summed E-state index contributed by atoms with van der Waals surface area (Å²) in [5.41, 5.74) is 0. The highest BCUT2D eigenvalue weighted by Gasteiger charge is 2.35. The van der Waals surface area contributed by atoms with Gasteiger partial charge in [-0.3, -0.25) is 4.79 Å². The topological polar surface area (TPSA) is 96.5 Å². The molecule has 2 aromatic rings. The summed E-state index contributed by atoms with van der Waals surface area (Å²) in [6.07, 6.45) is 4.49. The van der Waals surface area contributed by atoms with E-state index in [1.165, 1.54) is 16.7 Å². The molecule has 3 heterocycles. The summed E-state index contributed by atoms with van der Waals surface area (Å²) in [4.78, 5) is 33.1. The molecule has 0 bridgehead atoms. The van der Waals surface area contributed by atoms with E-state index in [9.17, 15) is 9.59 Å². The predicted molar refractivity (Wildman–Crippen MR) is 82.0 cm³/mol. The number of carbonyl (C=O) groups is 2. The molecular formula is C15H15N3O4S. The van der Waals surface area contributed by atoms with Crippen molar-refractivity contribution < 1.29 is 19.1 Å². The number of carboxylic acid groups (broad SMARTS) is 1. The van der Waals surface area contributed by atoms with Crippen LogP contribution in [0.5, 0.6) is 0 Å². The third-order valence-corrected chi connectivity index (χ3v) is 4.45. The second kappa shape index (κ2) is 6.82. The van der Waals surface area contributed by atoms with Crippen molar-refractivity contribution in [1.82, 2.24) is 14.9 Å². The molecule has 0 radical (unpaired) electrons. The van der Waals surface area contributed by atoms with Crippen LogP contribution in [0.3, 0.4) is 0 Å². The maximum absolute atomic E-state index is 12.4. The number of furan rings is 1. The summed E-state index contributed by atoms with van der Waals surface area (Å²) in [6, 6.07) is 4.28. The first-order valence-corrected chi connectivity index (χ1v) is 8.16. The van der Waals surface area contributed by atoms with Crippen molar-refractivity contribution in [2.24, 2.45) is 0 Å². The number of amides is 1. The van der Waals surface area contributed by atoms with Crippen LogP contribution in [-0.4, -0.2) is 44.4 Å². The Morgan fingerprint density at radius 1 is 1.35 bits per heavy atom. The van der Waals surface area contributed by atoms with Crippen LogP contribution in [0.4, 0.5) is 0 Å². The van der Waals surface area contributed by atoms with Crippen LogP contribution in [0.25, 0.3) is 0 Å². The monoisotopic (exact) mass is 333 g/mol. The summed E-state index contributed by atoms with van der Waals surface area (Å²) in [5, 5.41) is 9.78. The molecule has 1 saturated heterocycles. The number of thioether (sulfide) groups is 1. The fraction of sp³-hybridized carbons (Fsp3) is 0.333. The molecular weight excluding hydrogens is 318 g/mol. The van der Waals surface area contributed by atoms with Crippen LogP contribution in [0.1, 0.15) is 29.2 Å². The molecule has 1 amide bonds. The van der Waals surface area contributed by atoms with E-state index in [0.29, 0.717) is 36.1 Å². The van der Waals surface area contributed by atoms with Crippen molar-refractivity contribution >= 4 is 23.6 Å². The van der Waals surface area contributed by atoms with E-state index in [1.807, 2.05) is 0 Å². The smallest absolute Gasteiger partial charge is 0.326 e. The van der Waals surface area contributed by atoms with Gasteiger partial charge < -0.3 is 14.4 Å². The van der Waals surface area contributed by atoms with E-state index >= 15 is 0 Å². The molecule has 3 rings (SSSR count). The molecule has 8 heteroatoms. The first kappa shape index (κ1) is 15.5. The Morgan fingerprint density at radius 3 is 2.87 bits per heavy atom. The molecule has 1 aliphatic heterocycles. The zero-order chi connectivity index (χ0) is 16.2. The lowest BCUT2D eigenvalue weighted by atomic mass is 10.2. The van der Waals surface area contributed by atoms with Gasteiger partial charge in [0.1, 0.15) is 11.8 Å². The second-order valence-corrected chi connectivity index (χ2v) is 6.02. The number of nitrogens with zero attached hydrogens (tertiary/aromatic N) is 3. The SMILES string of the molecule is O=C(O)[C@@H]1CCCN1C(=O)c1ccc(CSc2ncccn2)o1. The molecule has 0 aliphatic carbocycles. The Labute approximate surface area is 136 Å². The van der Waals surface area contributed by atoms with E-state index < -0.39 is 12.0 Å². The first-order chi connectivity index (χ1) is 11.1. The van der Waals surface area contributed by atoms with Crippen molar-refractivity contribution in [2.75, 3.05) is 6.54 Å². The summed E-state index contributed by atoms with van der Waals surface area (Å²) in [7, 11) is 0. The van der Waals surface area contributed by atoms with E-state index in [1.54, 1.807) is 30.6 Å². The Balaban J connectivity index is 1.64. The summed E-state index contributed by atoms with van der Waals surface area (Å²) >= 11 is 1.40. The number of carbonyl (C=O) groups excluding carboxylic acids is 1. The van der Waals surface area contributed by atoms with Crippen molar-refractivity contribution in [1.29, 1.82) is 0 Å². The van der Waals surface area contributed by atoms with Gasteiger partial charge in [-0.1, -0.05) is 11.8 Å². The van der Waals surface area contributed by atoms with Gasteiger partial charge in [-0.25, -0.2) is 14.8 Å². The van der Waals surface area contributed by atoms with Crippen LogP contribution in [-0.2, 0) is 10.5 Å². The highest BCUT2D eigenvalue weighted by molar-refractivity contribution is 7.98. The second-order valence-electron chi connectivity index (χ2n) is 5.08. The van der Waals surface area contributed by atoms with Gasteiger partial charge in [0.15, 0.2) is 10.9 Å². The van der Waals surface area contributed by atoms with Crippen molar-refractivity contribution in [3.8, 4) is 0 Å². The van der Waals surface area contributed by atoms with E-state index in [4.69, 9.17) is 9.52 Å². The minimum atomic E-state index is -0.973. The molecule has 1 fully saturated rings. The number of hydrogen-bond acceptors (Lipinski definition) is 6. The molecule has 2 aromatic heterocycles. The van der Waals surface area contributed by atoms with E-state index in [2.05, 4.69) is 9.97 Å². The van der Waals surface area contributed by atoms with Crippen molar-refractivity contribution in [3.63, 3.8) is 0 Å². The molecule has 7 nitrogen and oxygen atoms in total. The number of carboxylic acids is 1. The van der Waals surface area contributed by atoms with Gasteiger partial charge in [0, 0.05) is 18.9 Å². The molecule has 1 atom stereocenters.